The van der Waals surface area contributed by atoms with Crippen LogP contribution in [0.5, 0.6) is 0 Å². The number of hydrogen-bond donors (Lipinski definition) is 4. The molecule has 104 valence electrons. The first-order valence-electron chi connectivity index (χ1n) is 6.39. The number of aromatic amines is 1. The minimum absolute atomic E-state index is 0.0551. The van der Waals surface area contributed by atoms with E-state index in [1.165, 1.54) is 0 Å². The van der Waals surface area contributed by atoms with E-state index in [0.717, 1.165) is 25.7 Å². The van der Waals surface area contributed by atoms with E-state index in [4.69, 9.17) is 11.5 Å². The molecular formula is C12H19N5O2. The Bertz CT molecular complexity index is 488. The summed E-state index contributed by atoms with van der Waals surface area (Å²) in [6, 6.07) is 0.0551. The van der Waals surface area contributed by atoms with E-state index in [1.54, 1.807) is 6.92 Å². The van der Waals surface area contributed by atoms with E-state index in [1.807, 2.05) is 0 Å². The van der Waals surface area contributed by atoms with Gasteiger partial charge in [-0.05, 0) is 32.6 Å². The highest BCUT2D eigenvalue weighted by atomic mass is 16.2. The standard InChI is InChI=1S/C12H19N5O2/c1-6-9(13)10(17-16-6)12(19)15-8-4-2-7(3-5-8)11(14)18/h7-8H,2-5,13H2,1H3,(H2,14,18)(H,15,19)(H,16,17). The quantitative estimate of drug-likeness (QED) is 0.616. The highest BCUT2D eigenvalue weighted by Gasteiger charge is 2.26. The fourth-order valence-corrected chi connectivity index (χ4v) is 2.39. The van der Waals surface area contributed by atoms with Gasteiger partial charge in [-0.2, -0.15) is 5.10 Å². The van der Waals surface area contributed by atoms with Crippen LogP contribution in [0.25, 0.3) is 0 Å². The zero-order valence-electron chi connectivity index (χ0n) is 10.9. The van der Waals surface area contributed by atoms with Crippen molar-refractivity contribution in [1.29, 1.82) is 0 Å². The summed E-state index contributed by atoms with van der Waals surface area (Å²) in [5, 5.41) is 9.46. The van der Waals surface area contributed by atoms with Gasteiger partial charge in [-0.3, -0.25) is 14.7 Å². The molecule has 7 nitrogen and oxygen atoms in total. The van der Waals surface area contributed by atoms with Crippen LogP contribution >= 0.6 is 0 Å². The summed E-state index contributed by atoms with van der Waals surface area (Å²) in [6.07, 6.45) is 2.94. The van der Waals surface area contributed by atoms with Crippen LogP contribution in [0.1, 0.15) is 41.9 Å². The summed E-state index contributed by atoms with van der Waals surface area (Å²) in [5.74, 6) is -0.591. The molecule has 0 atom stereocenters. The normalized spacial score (nSPS) is 23.0. The number of primary amides is 1. The van der Waals surface area contributed by atoms with Crippen molar-refractivity contribution in [3.05, 3.63) is 11.4 Å². The van der Waals surface area contributed by atoms with Crippen molar-refractivity contribution in [2.75, 3.05) is 5.73 Å². The largest absolute Gasteiger partial charge is 0.395 e. The number of nitrogens with two attached hydrogens (primary N) is 2. The monoisotopic (exact) mass is 265 g/mol. The minimum atomic E-state index is -0.274. The second-order valence-corrected chi connectivity index (χ2v) is 5.04. The molecular weight excluding hydrogens is 246 g/mol. The first kappa shape index (κ1) is 13.4. The molecule has 0 aromatic carbocycles. The molecule has 1 aromatic heterocycles. The zero-order valence-corrected chi connectivity index (χ0v) is 10.9. The summed E-state index contributed by atoms with van der Waals surface area (Å²) in [6.45, 7) is 1.76. The third kappa shape index (κ3) is 2.86. The van der Waals surface area contributed by atoms with Crippen LogP contribution in [0.15, 0.2) is 0 Å². The molecule has 0 spiro atoms. The summed E-state index contributed by atoms with van der Waals surface area (Å²) in [4.78, 5) is 23.1. The minimum Gasteiger partial charge on any atom is -0.395 e. The Hall–Kier alpha value is -2.05. The van der Waals surface area contributed by atoms with Crippen molar-refractivity contribution >= 4 is 17.5 Å². The smallest absolute Gasteiger partial charge is 0.274 e. The number of aryl methyl sites for hydroxylation is 1. The number of carbonyl (C=O) groups excluding carboxylic acids is 2. The Labute approximate surface area is 111 Å². The Morgan fingerprint density at radius 3 is 2.42 bits per heavy atom. The third-order valence-corrected chi connectivity index (χ3v) is 3.67. The van der Waals surface area contributed by atoms with Crippen LogP contribution < -0.4 is 16.8 Å². The molecule has 1 saturated carbocycles. The number of nitrogen functional groups attached to an aromatic ring is 1. The van der Waals surface area contributed by atoms with Gasteiger partial charge >= 0.3 is 0 Å². The summed E-state index contributed by atoms with van der Waals surface area (Å²) >= 11 is 0. The van der Waals surface area contributed by atoms with Crippen LogP contribution in [0, 0.1) is 12.8 Å². The molecule has 1 aromatic rings. The number of H-pyrrole nitrogens is 1. The van der Waals surface area contributed by atoms with Gasteiger partial charge in [0.05, 0.1) is 11.4 Å². The average molecular weight is 265 g/mol. The van der Waals surface area contributed by atoms with Gasteiger partial charge in [0.2, 0.25) is 5.91 Å². The number of anilines is 1. The molecule has 0 aliphatic heterocycles. The molecule has 0 saturated heterocycles. The lowest BCUT2D eigenvalue weighted by atomic mass is 9.85. The highest BCUT2D eigenvalue weighted by Crippen LogP contribution is 2.24. The second kappa shape index (κ2) is 5.29. The number of amides is 2. The van der Waals surface area contributed by atoms with Gasteiger partial charge in [0, 0.05) is 12.0 Å². The van der Waals surface area contributed by atoms with E-state index < -0.39 is 0 Å². The maximum atomic E-state index is 12.0. The Morgan fingerprint density at radius 1 is 1.32 bits per heavy atom. The second-order valence-electron chi connectivity index (χ2n) is 5.04. The molecule has 0 unspecified atom stereocenters. The lowest BCUT2D eigenvalue weighted by Crippen LogP contribution is -2.40. The van der Waals surface area contributed by atoms with Gasteiger partial charge < -0.3 is 16.8 Å². The van der Waals surface area contributed by atoms with Crippen LogP contribution in [-0.2, 0) is 4.79 Å². The molecule has 1 aliphatic rings. The lowest BCUT2D eigenvalue weighted by Gasteiger charge is -2.27. The number of carbonyl (C=O) groups is 2. The molecule has 1 aliphatic carbocycles. The van der Waals surface area contributed by atoms with Gasteiger partial charge in [-0.15, -0.1) is 0 Å². The predicted molar refractivity (Wildman–Crippen MR) is 70.1 cm³/mol. The van der Waals surface area contributed by atoms with E-state index in [0.29, 0.717) is 11.4 Å². The van der Waals surface area contributed by atoms with Crippen LogP contribution in [0.3, 0.4) is 0 Å². The van der Waals surface area contributed by atoms with Crippen molar-refractivity contribution < 1.29 is 9.59 Å². The molecule has 0 radical (unpaired) electrons. The third-order valence-electron chi connectivity index (χ3n) is 3.67. The summed E-state index contributed by atoms with van der Waals surface area (Å²) in [7, 11) is 0. The summed E-state index contributed by atoms with van der Waals surface area (Å²) in [5.41, 5.74) is 12.3. The Balaban J connectivity index is 1.91. The molecule has 2 rings (SSSR count). The fraction of sp³-hybridized carbons (Fsp3) is 0.583. The number of nitrogens with one attached hydrogen (secondary N) is 2. The number of rotatable bonds is 3. The van der Waals surface area contributed by atoms with Crippen molar-refractivity contribution in [3.8, 4) is 0 Å². The molecule has 1 heterocycles. The van der Waals surface area contributed by atoms with Crippen molar-refractivity contribution in [3.63, 3.8) is 0 Å². The molecule has 2 amide bonds. The molecule has 7 heteroatoms. The van der Waals surface area contributed by atoms with Crippen LogP contribution in [0.2, 0.25) is 0 Å². The Morgan fingerprint density at radius 2 is 1.95 bits per heavy atom. The van der Waals surface area contributed by atoms with E-state index in [-0.39, 0.29) is 29.5 Å². The van der Waals surface area contributed by atoms with Gasteiger partial charge in [-0.25, -0.2) is 0 Å². The van der Waals surface area contributed by atoms with Crippen molar-refractivity contribution in [2.24, 2.45) is 11.7 Å². The van der Waals surface area contributed by atoms with Gasteiger partial charge in [0.25, 0.3) is 5.91 Å². The highest BCUT2D eigenvalue weighted by molar-refractivity contribution is 5.97. The molecule has 19 heavy (non-hydrogen) atoms. The topological polar surface area (TPSA) is 127 Å². The average Bonchev–Trinajstić information content (AvgIpc) is 2.70. The predicted octanol–water partition coefficient (Wildman–Crippen LogP) is 0.0742. The Kier molecular flexibility index (Phi) is 3.73. The lowest BCUT2D eigenvalue weighted by molar-refractivity contribution is -0.122. The number of nitrogens with zero attached hydrogens (tertiary/aromatic N) is 1. The maximum Gasteiger partial charge on any atom is 0.274 e. The summed E-state index contributed by atoms with van der Waals surface area (Å²) < 4.78 is 0. The molecule has 0 bridgehead atoms. The van der Waals surface area contributed by atoms with E-state index >= 15 is 0 Å². The first-order chi connectivity index (χ1) is 8.99. The first-order valence-corrected chi connectivity index (χ1v) is 6.39. The van der Waals surface area contributed by atoms with Gasteiger partial charge in [0.1, 0.15) is 0 Å². The number of hydrogen-bond acceptors (Lipinski definition) is 4. The van der Waals surface area contributed by atoms with Crippen LogP contribution in [0.4, 0.5) is 5.69 Å². The van der Waals surface area contributed by atoms with Gasteiger partial charge in [-0.1, -0.05) is 0 Å². The fourth-order valence-electron chi connectivity index (χ4n) is 2.39. The van der Waals surface area contributed by atoms with E-state index in [2.05, 4.69) is 15.5 Å². The van der Waals surface area contributed by atoms with E-state index in [9.17, 15) is 9.59 Å². The SMILES string of the molecule is Cc1[nH]nc(C(=O)NC2CCC(C(N)=O)CC2)c1N. The van der Waals surface area contributed by atoms with Crippen molar-refractivity contribution in [1.82, 2.24) is 15.5 Å². The number of aromatic nitrogens is 2. The maximum absolute atomic E-state index is 12.0. The molecule has 1 fully saturated rings. The van der Waals surface area contributed by atoms with Gasteiger partial charge in [0.15, 0.2) is 5.69 Å². The van der Waals surface area contributed by atoms with Crippen molar-refractivity contribution in [2.45, 2.75) is 38.6 Å². The molecule has 6 N–H and O–H groups in total. The zero-order chi connectivity index (χ0) is 14.0. The van der Waals surface area contributed by atoms with Crippen LogP contribution in [-0.4, -0.2) is 28.1 Å².